The Bertz CT molecular complexity index is 764. The number of rotatable bonds is 3. The summed E-state index contributed by atoms with van der Waals surface area (Å²) in [7, 11) is 0. The highest BCUT2D eigenvalue weighted by atomic mass is 32.1. The third-order valence-corrected chi connectivity index (χ3v) is 6.58. The second kappa shape index (κ2) is 6.44. The fourth-order valence-corrected chi connectivity index (χ4v) is 5.52. The van der Waals surface area contributed by atoms with Crippen molar-refractivity contribution in [3.63, 3.8) is 0 Å². The highest BCUT2D eigenvalue weighted by Crippen LogP contribution is 2.54. The normalized spacial score (nSPS) is 27.7. The first-order chi connectivity index (χ1) is 12.1. The Kier molecular flexibility index (Phi) is 4.40. The molecule has 132 valence electrons. The minimum Gasteiger partial charge on any atom is -0.365 e. The second-order valence-electron chi connectivity index (χ2n) is 7.21. The van der Waals surface area contributed by atoms with Gasteiger partial charge < -0.3 is 9.80 Å². The van der Waals surface area contributed by atoms with Crippen LogP contribution in [0.1, 0.15) is 38.7 Å². The van der Waals surface area contributed by atoms with E-state index in [0.717, 1.165) is 30.3 Å². The predicted molar refractivity (Wildman–Crippen MR) is 113 cm³/mol. The van der Waals surface area contributed by atoms with E-state index in [1.807, 2.05) is 6.21 Å². The van der Waals surface area contributed by atoms with Crippen LogP contribution >= 0.6 is 24.8 Å². The van der Waals surface area contributed by atoms with Crippen LogP contribution in [0.4, 0.5) is 5.69 Å². The van der Waals surface area contributed by atoms with Crippen LogP contribution in [0.15, 0.2) is 40.5 Å². The van der Waals surface area contributed by atoms with Crippen molar-refractivity contribution in [2.45, 2.75) is 44.7 Å². The number of thiol groups is 1. The molecule has 2 atom stereocenters. The zero-order chi connectivity index (χ0) is 17.6. The number of allylic oxidation sites excluding steroid dienone is 1. The molecule has 0 amide bonds. The number of nitrogens with zero attached hydrogens (tertiary/aromatic N) is 3. The van der Waals surface area contributed by atoms with Crippen molar-refractivity contribution in [2.75, 3.05) is 23.7 Å². The van der Waals surface area contributed by atoms with Gasteiger partial charge >= 0.3 is 0 Å². The summed E-state index contributed by atoms with van der Waals surface area (Å²) < 4.78 is 0. The SMILES string of the molecule is CC1=C2N(c3ccccc3C2(CCS)C(=S)N2CCCC2)C(C)N=C1. The Hall–Kier alpha value is -1.33. The van der Waals surface area contributed by atoms with Gasteiger partial charge in [0.1, 0.15) is 6.17 Å². The molecule has 3 aliphatic rings. The van der Waals surface area contributed by atoms with Gasteiger partial charge in [-0.3, -0.25) is 4.99 Å². The predicted octanol–water partition coefficient (Wildman–Crippen LogP) is 4.19. The molecule has 0 radical (unpaired) electrons. The Morgan fingerprint density at radius 3 is 2.76 bits per heavy atom. The number of hydrogen-bond acceptors (Lipinski definition) is 4. The molecule has 0 aliphatic carbocycles. The topological polar surface area (TPSA) is 18.8 Å². The molecule has 2 unspecified atom stereocenters. The fraction of sp³-hybridized carbons (Fsp3) is 0.500. The molecule has 1 saturated heterocycles. The lowest BCUT2D eigenvalue weighted by Gasteiger charge is -2.41. The van der Waals surface area contributed by atoms with Crippen LogP contribution in [0.25, 0.3) is 0 Å². The number of para-hydroxylation sites is 1. The van der Waals surface area contributed by atoms with Crippen LogP contribution < -0.4 is 4.90 Å². The van der Waals surface area contributed by atoms with Gasteiger partial charge in [-0.1, -0.05) is 30.4 Å². The lowest BCUT2D eigenvalue weighted by molar-refractivity contribution is 0.472. The summed E-state index contributed by atoms with van der Waals surface area (Å²) in [6, 6.07) is 8.73. The van der Waals surface area contributed by atoms with E-state index < -0.39 is 0 Å². The first-order valence-electron chi connectivity index (χ1n) is 9.15. The van der Waals surface area contributed by atoms with Gasteiger partial charge in [0.15, 0.2) is 0 Å². The standard InChI is InChI=1S/C20H25N3S2/c1-14-13-21-15(2)23-17-8-4-3-7-16(17)20(9-12-24,18(14)23)19(25)22-10-5-6-11-22/h3-4,7-8,13,15,24H,5-6,9-12H2,1-2H3. The third kappa shape index (κ3) is 2.39. The van der Waals surface area contributed by atoms with Gasteiger partial charge in [0.25, 0.3) is 0 Å². The van der Waals surface area contributed by atoms with Crippen molar-refractivity contribution in [3.05, 3.63) is 41.1 Å². The smallest absolute Gasteiger partial charge is 0.122 e. The number of hydrogen-bond donors (Lipinski definition) is 1. The molecular formula is C20H25N3S2. The molecule has 3 nitrogen and oxygen atoms in total. The number of anilines is 1. The van der Waals surface area contributed by atoms with E-state index in [1.54, 1.807) is 0 Å². The first kappa shape index (κ1) is 17.1. The number of fused-ring (bicyclic) bond motifs is 3. The second-order valence-corrected chi connectivity index (χ2v) is 8.04. The molecule has 0 aromatic heterocycles. The number of aliphatic imine (C=N–C) groups is 1. The van der Waals surface area contributed by atoms with Gasteiger partial charge in [0.2, 0.25) is 0 Å². The monoisotopic (exact) mass is 371 g/mol. The number of benzene rings is 1. The first-order valence-corrected chi connectivity index (χ1v) is 10.2. The summed E-state index contributed by atoms with van der Waals surface area (Å²) >= 11 is 10.8. The van der Waals surface area contributed by atoms with Crippen molar-refractivity contribution in [1.29, 1.82) is 0 Å². The Morgan fingerprint density at radius 1 is 1.32 bits per heavy atom. The van der Waals surface area contributed by atoms with E-state index in [-0.39, 0.29) is 11.6 Å². The quantitative estimate of drug-likeness (QED) is 0.635. The van der Waals surface area contributed by atoms with Gasteiger partial charge in [-0.15, -0.1) is 0 Å². The van der Waals surface area contributed by atoms with E-state index >= 15 is 0 Å². The van der Waals surface area contributed by atoms with E-state index in [4.69, 9.17) is 17.2 Å². The van der Waals surface area contributed by atoms with Gasteiger partial charge in [0.05, 0.1) is 10.4 Å². The van der Waals surface area contributed by atoms with Crippen molar-refractivity contribution in [3.8, 4) is 0 Å². The van der Waals surface area contributed by atoms with E-state index in [2.05, 4.69) is 60.5 Å². The molecule has 0 bridgehead atoms. The summed E-state index contributed by atoms with van der Waals surface area (Å²) in [6.45, 7) is 6.48. The van der Waals surface area contributed by atoms with Crippen LogP contribution in [0.3, 0.4) is 0 Å². The lowest BCUT2D eigenvalue weighted by Crippen LogP contribution is -2.48. The summed E-state index contributed by atoms with van der Waals surface area (Å²) in [5, 5.41) is 0. The van der Waals surface area contributed by atoms with Crippen LogP contribution in [0, 0.1) is 0 Å². The maximum Gasteiger partial charge on any atom is 0.122 e. The molecule has 0 spiro atoms. The molecule has 3 heterocycles. The van der Waals surface area contributed by atoms with Crippen molar-refractivity contribution in [1.82, 2.24) is 4.90 Å². The average Bonchev–Trinajstić information content (AvgIpc) is 3.24. The minimum atomic E-state index is -0.261. The molecule has 25 heavy (non-hydrogen) atoms. The van der Waals surface area contributed by atoms with Gasteiger partial charge in [-0.2, -0.15) is 12.6 Å². The van der Waals surface area contributed by atoms with E-state index in [1.165, 1.54) is 35.4 Å². The summed E-state index contributed by atoms with van der Waals surface area (Å²) in [4.78, 5) is 10.6. The minimum absolute atomic E-state index is 0.100. The maximum atomic E-state index is 6.17. The summed E-state index contributed by atoms with van der Waals surface area (Å²) in [6.07, 6.45) is 5.52. The average molecular weight is 372 g/mol. The van der Waals surface area contributed by atoms with Gasteiger partial charge in [0, 0.05) is 30.7 Å². The van der Waals surface area contributed by atoms with Crippen molar-refractivity contribution in [2.24, 2.45) is 4.99 Å². The zero-order valence-corrected chi connectivity index (χ0v) is 16.6. The van der Waals surface area contributed by atoms with E-state index in [9.17, 15) is 0 Å². The maximum absolute atomic E-state index is 6.17. The lowest BCUT2D eigenvalue weighted by atomic mass is 9.75. The van der Waals surface area contributed by atoms with Gasteiger partial charge in [-0.25, -0.2) is 0 Å². The summed E-state index contributed by atoms with van der Waals surface area (Å²) in [5.74, 6) is 0.804. The van der Waals surface area contributed by atoms with Crippen LogP contribution in [0.5, 0.6) is 0 Å². The van der Waals surface area contributed by atoms with Crippen LogP contribution in [0.2, 0.25) is 0 Å². The highest BCUT2D eigenvalue weighted by molar-refractivity contribution is 7.80. The molecular weight excluding hydrogens is 346 g/mol. The molecule has 5 heteroatoms. The third-order valence-electron chi connectivity index (χ3n) is 5.74. The zero-order valence-electron chi connectivity index (χ0n) is 14.9. The molecule has 1 aromatic rings. The summed E-state index contributed by atoms with van der Waals surface area (Å²) in [5.41, 5.74) is 4.86. The molecule has 0 N–H and O–H groups in total. The highest BCUT2D eigenvalue weighted by Gasteiger charge is 2.53. The fourth-order valence-electron chi connectivity index (χ4n) is 4.69. The Labute approximate surface area is 161 Å². The molecule has 1 fully saturated rings. The number of thiocarbonyl (C=S) groups is 1. The van der Waals surface area contributed by atoms with E-state index in [0.29, 0.717) is 0 Å². The number of likely N-dealkylation sites (tertiary alicyclic amines) is 1. The van der Waals surface area contributed by atoms with Crippen molar-refractivity contribution < 1.29 is 0 Å². The molecule has 0 saturated carbocycles. The van der Waals surface area contributed by atoms with Crippen LogP contribution in [-0.4, -0.2) is 41.1 Å². The molecule has 4 rings (SSSR count). The van der Waals surface area contributed by atoms with Crippen LogP contribution in [-0.2, 0) is 5.41 Å². The van der Waals surface area contributed by atoms with Gasteiger partial charge in [-0.05, 0) is 56.1 Å². The van der Waals surface area contributed by atoms with Crippen molar-refractivity contribution >= 4 is 41.7 Å². The largest absolute Gasteiger partial charge is 0.365 e. The molecule has 3 aliphatic heterocycles. The molecule has 1 aromatic carbocycles. The Balaban J connectivity index is 1.97. The Morgan fingerprint density at radius 2 is 2.04 bits per heavy atom.